The lowest BCUT2D eigenvalue weighted by atomic mass is 10.3. The molecule has 2 heteroatoms. The van der Waals surface area contributed by atoms with Crippen molar-refractivity contribution in [2.75, 3.05) is 0 Å². The molecule has 13 heavy (non-hydrogen) atoms. The van der Waals surface area contributed by atoms with Crippen LogP contribution < -0.4 is 0 Å². The van der Waals surface area contributed by atoms with Crippen molar-refractivity contribution in [1.82, 2.24) is 0 Å². The van der Waals surface area contributed by atoms with Crippen LogP contribution >= 0.6 is 0 Å². The highest BCUT2D eigenvalue weighted by Gasteiger charge is 1.83. The summed E-state index contributed by atoms with van der Waals surface area (Å²) >= 11 is 0. The second-order valence-electron chi connectivity index (χ2n) is 3.28. The van der Waals surface area contributed by atoms with Crippen LogP contribution in [0.3, 0.4) is 0 Å². The Morgan fingerprint density at radius 3 is 1.54 bits per heavy atom. The van der Waals surface area contributed by atoms with Crippen molar-refractivity contribution in [3.63, 3.8) is 0 Å². The van der Waals surface area contributed by atoms with E-state index in [0.717, 1.165) is 18.4 Å². The van der Waals surface area contributed by atoms with E-state index in [-0.39, 0.29) is 11.6 Å². The van der Waals surface area contributed by atoms with Crippen LogP contribution in [0.15, 0.2) is 11.6 Å². The third-order valence-electron chi connectivity index (χ3n) is 1.09. The zero-order chi connectivity index (χ0) is 10.9. The fourth-order valence-corrected chi connectivity index (χ4v) is 0.759. The van der Waals surface area contributed by atoms with E-state index in [0.29, 0.717) is 0 Å². The third-order valence-corrected chi connectivity index (χ3v) is 1.09. The Morgan fingerprint density at radius 1 is 1.08 bits per heavy atom. The Hall–Kier alpha value is -0.920. The molecule has 0 aromatic carbocycles. The smallest absolute Gasteiger partial charge is 0.152 e. The first kappa shape index (κ1) is 14.6. The summed E-state index contributed by atoms with van der Waals surface area (Å²) < 4.78 is 0. The van der Waals surface area contributed by atoms with Gasteiger partial charge in [-0.15, -0.1) is 0 Å². The van der Waals surface area contributed by atoms with Gasteiger partial charge in [0.05, 0.1) is 0 Å². The predicted molar refractivity (Wildman–Crippen MR) is 55.7 cm³/mol. The summed E-state index contributed by atoms with van der Waals surface area (Å²) in [6.07, 6.45) is 3.33. The minimum Gasteiger partial charge on any atom is -0.300 e. The van der Waals surface area contributed by atoms with E-state index in [1.54, 1.807) is 19.9 Å². The van der Waals surface area contributed by atoms with Gasteiger partial charge in [0.25, 0.3) is 0 Å². The fraction of sp³-hybridized carbons (Fsp3) is 0.636. The van der Waals surface area contributed by atoms with Crippen molar-refractivity contribution in [1.29, 1.82) is 0 Å². The normalized spacial score (nSPS) is 8.08. The lowest BCUT2D eigenvalue weighted by molar-refractivity contribution is -0.117. The molecule has 0 amide bonds. The molecule has 0 bridgehead atoms. The van der Waals surface area contributed by atoms with Gasteiger partial charge in [-0.05, 0) is 40.2 Å². The SMILES string of the molecule is CC(=O)C=C(C)C.CCCC(C)=O. The second kappa shape index (κ2) is 9.17. The minimum atomic E-state index is 0.125. The molecule has 0 atom stereocenters. The highest BCUT2D eigenvalue weighted by molar-refractivity contribution is 5.87. The number of hydrogen-bond acceptors (Lipinski definition) is 2. The predicted octanol–water partition coefficient (Wildman–Crippen LogP) is 2.92. The van der Waals surface area contributed by atoms with E-state index in [2.05, 4.69) is 0 Å². The quantitative estimate of drug-likeness (QED) is 0.632. The zero-order valence-corrected chi connectivity index (χ0v) is 9.31. The monoisotopic (exact) mass is 184 g/mol. The first-order valence-electron chi connectivity index (χ1n) is 4.55. The largest absolute Gasteiger partial charge is 0.300 e. The van der Waals surface area contributed by atoms with Crippen molar-refractivity contribution in [2.24, 2.45) is 0 Å². The lowest BCUT2D eigenvalue weighted by Crippen LogP contribution is -1.84. The first-order chi connectivity index (χ1) is 5.90. The van der Waals surface area contributed by atoms with Gasteiger partial charge in [0.1, 0.15) is 5.78 Å². The Labute approximate surface area is 81.0 Å². The third kappa shape index (κ3) is 24.7. The van der Waals surface area contributed by atoms with Gasteiger partial charge >= 0.3 is 0 Å². The second-order valence-corrected chi connectivity index (χ2v) is 3.28. The van der Waals surface area contributed by atoms with Crippen LogP contribution in [0.4, 0.5) is 0 Å². The van der Waals surface area contributed by atoms with Crippen LogP contribution in [0, 0.1) is 0 Å². The molecule has 0 unspecified atom stereocenters. The summed E-state index contributed by atoms with van der Waals surface area (Å²) in [5.41, 5.74) is 1.06. The average molecular weight is 184 g/mol. The highest BCUT2D eigenvalue weighted by atomic mass is 16.1. The maximum Gasteiger partial charge on any atom is 0.152 e. The van der Waals surface area contributed by atoms with Gasteiger partial charge in [0.2, 0.25) is 0 Å². The molecule has 0 radical (unpaired) electrons. The summed E-state index contributed by atoms with van der Waals surface area (Å²) in [5.74, 6) is 0.414. The van der Waals surface area contributed by atoms with Gasteiger partial charge in [0, 0.05) is 6.42 Å². The van der Waals surface area contributed by atoms with Crippen molar-refractivity contribution >= 4 is 11.6 Å². The number of carbonyl (C=O) groups is 2. The van der Waals surface area contributed by atoms with Crippen LogP contribution in [-0.2, 0) is 9.59 Å². The highest BCUT2D eigenvalue weighted by Crippen LogP contribution is 1.86. The summed E-state index contributed by atoms with van der Waals surface area (Å²) in [7, 11) is 0. The van der Waals surface area contributed by atoms with Crippen molar-refractivity contribution < 1.29 is 9.59 Å². The van der Waals surface area contributed by atoms with E-state index in [4.69, 9.17) is 0 Å². The molecule has 2 nitrogen and oxygen atoms in total. The molecule has 0 heterocycles. The number of rotatable bonds is 3. The van der Waals surface area contributed by atoms with Crippen molar-refractivity contribution in [3.8, 4) is 0 Å². The van der Waals surface area contributed by atoms with Crippen molar-refractivity contribution in [2.45, 2.75) is 47.5 Å². The molecule has 0 aromatic heterocycles. The van der Waals surface area contributed by atoms with E-state index >= 15 is 0 Å². The molecule has 0 rings (SSSR count). The average Bonchev–Trinajstić information content (AvgIpc) is 1.83. The van der Waals surface area contributed by atoms with Crippen LogP contribution in [0.1, 0.15) is 47.5 Å². The summed E-state index contributed by atoms with van der Waals surface area (Å²) in [6.45, 7) is 8.97. The van der Waals surface area contributed by atoms with Gasteiger partial charge < -0.3 is 4.79 Å². The Balaban J connectivity index is 0. The lowest BCUT2D eigenvalue weighted by Gasteiger charge is -1.80. The van der Waals surface area contributed by atoms with E-state index in [1.165, 1.54) is 0 Å². The number of Topliss-reactive ketones (excluding diaryl/α,β-unsaturated/α-hetero) is 1. The van der Waals surface area contributed by atoms with Crippen LogP contribution in [0.25, 0.3) is 0 Å². The first-order valence-corrected chi connectivity index (χ1v) is 4.55. The topological polar surface area (TPSA) is 34.1 Å². The van der Waals surface area contributed by atoms with Crippen molar-refractivity contribution in [3.05, 3.63) is 11.6 Å². The summed E-state index contributed by atoms with van der Waals surface area (Å²) in [5, 5.41) is 0. The van der Waals surface area contributed by atoms with E-state index in [1.807, 2.05) is 20.8 Å². The molecule has 0 aliphatic rings. The summed E-state index contributed by atoms with van der Waals surface area (Å²) in [4.78, 5) is 20.2. The molecule has 0 spiro atoms. The number of carbonyl (C=O) groups excluding carboxylic acids is 2. The number of ketones is 2. The minimum absolute atomic E-state index is 0.125. The van der Waals surface area contributed by atoms with Crippen LogP contribution in [0.5, 0.6) is 0 Å². The molecule has 0 aliphatic carbocycles. The maximum atomic E-state index is 10.2. The molecule has 0 aliphatic heterocycles. The Morgan fingerprint density at radius 2 is 1.54 bits per heavy atom. The zero-order valence-electron chi connectivity index (χ0n) is 9.31. The van der Waals surface area contributed by atoms with Gasteiger partial charge in [0.15, 0.2) is 5.78 Å². The van der Waals surface area contributed by atoms with E-state index in [9.17, 15) is 9.59 Å². The maximum absolute atomic E-state index is 10.2. The Bertz CT molecular complexity index is 186. The molecule has 0 N–H and O–H groups in total. The molecule has 0 saturated carbocycles. The summed E-state index contributed by atoms with van der Waals surface area (Å²) in [6, 6.07) is 0. The molecule has 0 saturated heterocycles. The van der Waals surface area contributed by atoms with Gasteiger partial charge in [-0.3, -0.25) is 4.79 Å². The van der Waals surface area contributed by atoms with Gasteiger partial charge in [-0.25, -0.2) is 0 Å². The fourth-order valence-electron chi connectivity index (χ4n) is 0.759. The van der Waals surface area contributed by atoms with Crippen LogP contribution in [0.2, 0.25) is 0 Å². The molecular weight excluding hydrogens is 164 g/mol. The standard InChI is InChI=1S/C6H10O.C5H10O/c1-5(2)4-6(3)7;1-3-4-5(2)6/h4H,1-3H3;3-4H2,1-2H3. The van der Waals surface area contributed by atoms with Gasteiger partial charge in [-0.1, -0.05) is 12.5 Å². The molecule has 76 valence electrons. The Kier molecular flexibility index (Phi) is 10.3. The number of hydrogen-bond donors (Lipinski definition) is 0. The van der Waals surface area contributed by atoms with E-state index < -0.39 is 0 Å². The van der Waals surface area contributed by atoms with Crippen LogP contribution in [-0.4, -0.2) is 11.6 Å². The molecule has 0 fully saturated rings. The molecule has 0 aromatic rings. The number of allylic oxidation sites excluding steroid dienone is 2. The molecular formula is C11H20O2. The van der Waals surface area contributed by atoms with Gasteiger partial charge in [-0.2, -0.15) is 0 Å².